The summed E-state index contributed by atoms with van der Waals surface area (Å²) in [5.41, 5.74) is 1.85. The molecule has 1 N–H and O–H groups in total. The molecular formula is C19H25N3O4. The minimum absolute atomic E-state index is 0.00678. The Bertz CT molecular complexity index is 698. The SMILES string of the molecule is CCOC(CC)OC1CN(C(=O)/C=C/c2cnc3c(c2)CCC(=O)N3)C1. The van der Waals surface area contributed by atoms with Gasteiger partial charge in [0.05, 0.1) is 6.10 Å². The van der Waals surface area contributed by atoms with Crippen LogP contribution in [-0.2, 0) is 25.5 Å². The normalized spacial score (nSPS) is 18.4. The van der Waals surface area contributed by atoms with Gasteiger partial charge in [0.1, 0.15) is 5.82 Å². The van der Waals surface area contributed by atoms with Crippen molar-refractivity contribution >= 4 is 23.7 Å². The van der Waals surface area contributed by atoms with Crippen molar-refractivity contribution in [1.82, 2.24) is 9.88 Å². The summed E-state index contributed by atoms with van der Waals surface area (Å²) < 4.78 is 11.3. The molecule has 0 spiro atoms. The molecule has 0 aromatic carbocycles. The van der Waals surface area contributed by atoms with Crippen LogP contribution in [0.2, 0.25) is 0 Å². The van der Waals surface area contributed by atoms with Crippen molar-refractivity contribution in [3.63, 3.8) is 0 Å². The van der Waals surface area contributed by atoms with Gasteiger partial charge in [-0.05, 0) is 43.0 Å². The highest BCUT2D eigenvalue weighted by Crippen LogP contribution is 2.21. The highest BCUT2D eigenvalue weighted by molar-refractivity contribution is 5.94. The van der Waals surface area contributed by atoms with Gasteiger partial charge in [-0.15, -0.1) is 0 Å². The maximum Gasteiger partial charge on any atom is 0.246 e. The Morgan fingerprint density at radius 1 is 1.42 bits per heavy atom. The minimum Gasteiger partial charge on any atom is -0.353 e. The van der Waals surface area contributed by atoms with Gasteiger partial charge in [-0.1, -0.05) is 6.92 Å². The summed E-state index contributed by atoms with van der Waals surface area (Å²) in [5.74, 6) is 0.570. The maximum absolute atomic E-state index is 12.2. The molecule has 2 amide bonds. The number of aromatic nitrogens is 1. The molecule has 1 aromatic heterocycles. The van der Waals surface area contributed by atoms with Crippen LogP contribution in [0.3, 0.4) is 0 Å². The summed E-state index contributed by atoms with van der Waals surface area (Å²) in [6.45, 7) is 5.75. The Hall–Kier alpha value is -2.25. The number of hydrogen-bond acceptors (Lipinski definition) is 5. The Kier molecular flexibility index (Phi) is 6.00. The Morgan fingerprint density at radius 3 is 2.96 bits per heavy atom. The molecule has 1 aromatic rings. The monoisotopic (exact) mass is 359 g/mol. The second kappa shape index (κ2) is 8.42. The van der Waals surface area contributed by atoms with E-state index in [2.05, 4.69) is 10.3 Å². The van der Waals surface area contributed by atoms with Gasteiger partial charge in [-0.25, -0.2) is 4.98 Å². The van der Waals surface area contributed by atoms with Crippen molar-refractivity contribution in [3.05, 3.63) is 29.5 Å². The molecule has 1 unspecified atom stereocenters. The number of aryl methyl sites for hydroxylation is 1. The molecule has 3 heterocycles. The van der Waals surface area contributed by atoms with E-state index in [1.807, 2.05) is 19.9 Å². The van der Waals surface area contributed by atoms with E-state index in [0.717, 1.165) is 17.5 Å². The van der Waals surface area contributed by atoms with E-state index in [-0.39, 0.29) is 24.2 Å². The molecule has 0 aliphatic carbocycles. The lowest BCUT2D eigenvalue weighted by atomic mass is 10.0. The van der Waals surface area contributed by atoms with Gasteiger partial charge >= 0.3 is 0 Å². The van der Waals surface area contributed by atoms with Gasteiger partial charge in [-0.2, -0.15) is 0 Å². The van der Waals surface area contributed by atoms with Crippen molar-refractivity contribution in [2.75, 3.05) is 25.0 Å². The van der Waals surface area contributed by atoms with Crippen LogP contribution in [0, 0.1) is 0 Å². The second-order valence-corrected chi connectivity index (χ2v) is 6.45. The van der Waals surface area contributed by atoms with E-state index >= 15 is 0 Å². The van der Waals surface area contributed by atoms with Crippen LogP contribution in [-0.4, -0.2) is 53.8 Å². The summed E-state index contributed by atoms with van der Waals surface area (Å²) in [6.07, 6.45) is 6.76. The molecule has 1 fully saturated rings. The Labute approximate surface area is 153 Å². The molecule has 7 heteroatoms. The zero-order valence-corrected chi connectivity index (χ0v) is 15.2. The van der Waals surface area contributed by atoms with Crippen molar-refractivity contribution in [3.8, 4) is 0 Å². The van der Waals surface area contributed by atoms with E-state index < -0.39 is 0 Å². The number of nitrogens with one attached hydrogen (secondary N) is 1. The molecule has 2 aliphatic rings. The average Bonchev–Trinajstić information content (AvgIpc) is 2.61. The number of hydrogen-bond donors (Lipinski definition) is 1. The van der Waals surface area contributed by atoms with Gasteiger partial charge < -0.3 is 19.7 Å². The predicted molar refractivity (Wildman–Crippen MR) is 97.4 cm³/mol. The number of nitrogens with zero attached hydrogens (tertiary/aromatic N) is 2. The third kappa shape index (κ3) is 4.47. The molecule has 0 bridgehead atoms. The number of pyridine rings is 1. The quantitative estimate of drug-likeness (QED) is 0.595. The van der Waals surface area contributed by atoms with Gasteiger partial charge in [0.25, 0.3) is 0 Å². The first-order valence-corrected chi connectivity index (χ1v) is 9.11. The lowest BCUT2D eigenvalue weighted by molar-refractivity contribution is -0.199. The summed E-state index contributed by atoms with van der Waals surface area (Å²) >= 11 is 0. The largest absolute Gasteiger partial charge is 0.353 e. The number of amides is 2. The smallest absolute Gasteiger partial charge is 0.246 e. The summed E-state index contributed by atoms with van der Waals surface area (Å²) in [4.78, 5) is 29.6. The highest BCUT2D eigenvalue weighted by Gasteiger charge is 2.32. The topological polar surface area (TPSA) is 80.8 Å². The number of likely N-dealkylation sites (tertiary alicyclic amines) is 1. The zero-order valence-electron chi connectivity index (χ0n) is 15.2. The summed E-state index contributed by atoms with van der Waals surface area (Å²) in [7, 11) is 0. The molecule has 1 atom stereocenters. The van der Waals surface area contributed by atoms with E-state index in [1.165, 1.54) is 0 Å². The van der Waals surface area contributed by atoms with Crippen molar-refractivity contribution in [1.29, 1.82) is 0 Å². The molecule has 2 aliphatic heterocycles. The van der Waals surface area contributed by atoms with Gasteiger partial charge in [-0.3, -0.25) is 9.59 Å². The number of anilines is 1. The molecule has 140 valence electrons. The standard InChI is InChI=1S/C19H25N3O4/c1-3-18(25-4-2)26-15-11-22(12-15)17(24)8-5-13-9-14-6-7-16(23)21-19(14)20-10-13/h5,8-10,15,18H,3-4,6-7,11-12H2,1-2H3,(H,20,21,23)/b8-5+. The lowest BCUT2D eigenvalue weighted by Gasteiger charge is -2.39. The highest BCUT2D eigenvalue weighted by atomic mass is 16.7. The predicted octanol–water partition coefficient (Wildman–Crippen LogP) is 1.98. The van der Waals surface area contributed by atoms with E-state index in [4.69, 9.17) is 9.47 Å². The number of fused-ring (bicyclic) bond motifs is 1. The molecule has 0 radical (unpaired) electrons. The lowest BCUT2D eigenvalue weighted by Crippen LogP contribution is -2.55. The number of rotatable bonds is 7. The van der Waals surface area contributed by atoms with Crippen LogP contribution < -0.4 is 5.32 Å². The Morgan fingerprint density at radius 2 is 2.23 bits per heavy atom. The number of ether oxygens (including phenoxy) is 2. The minimum atomic E-state index is -0.195. The van der Waals surface area contributed by atoms with Crippen LogP contribution in [0.1, 0.15) is 37.8 Å². The van der Waals surface area contributed by atoms with Crippen LogP contribution in [0.5, 0.6) is 0 Å². The summed E-state index contributed by atoms with van der Waals surface area (Å²) in [5, 5.41) is 2.75. The van der Waals surface area contributed by atoms with Crippen molar-refractivity contribution in [2.24, 2.45) is 0 Å². The third-order valence-electron chi connectivity index (χ3n) is 4.48. The fourth-order valence-electron chi connectivity index (χ4n) is 3.00. The maximum atomic E-state index is 12.2. The average molecular weight is 359 g/mol. The first-order chi connectivity index (χ1) is 12.6. The molecule has 1 saturated heterocycles. The van der Waals surface area contributed by atoms with Crippen LogP contribution >= 0.6 is 0 Å². The molecular weight excluding hydrogens is 334 g/mol. The fraction of sp³-hybridized carbons (Fsp3) is 0.526. The van der Waals surface area contributed by atoms with E-state index in [0.29, 0.717) is 38.4 Å². The third-order valence-corrected chi connectivity index (χ3v) is 4.48. The first kappa shape index (κ1) is 18.5. The van der Waals surface area contributed by atoms with Gasteiger partial charge in [0.2, 0.25) is 11.8 Å². The van der Waals surface area contributed by atoms with Crippen molar-refractivity contribution < 1.29 is 19.1 Å². The van der Waals surface area contributed by atoms with E-state index in [1.54, 1.807) is 23.2 Å². The van der Waals surface area contributed by atoms with Crippen LogP contribution in [0.15, 0.2) is 18.3 Å². The van der Waals surface area contributed by atoms with E-state index in [9.17, 15) is 9.59 Å². The summed E-state index contributed by atoms with van der Waals surface area (Å²) in [6, 6.07) is 1.96. The molecule has 7 nitrogen and oxygen atoms in total. The second-order valence-electron chi connectivity index (χ2n) is 6.45. The first-order valence-electron chi connectivity index (χ1n) is 9.11. The molecule has 0 saturated carbocycles. The van der Waals surface area contributed by atoms with Gasteiger partial charge in [0.15, 0.2) is 6.29 Å². The van der Waals surface area contributed by atoms with Crippen molar-refractivity contribution in [2.45, 2.75) is 45.5 Å². The zero-order chi connectivity index (χ0) is 18.5. The van der Waals surface area contributed by atoms with Gasteiger partial charge in [0, 0.05) is 38.4 Å². The number of carbonyl (C=O) groups is 2. The molecule has 3 rings (SSSR count). The van der Waals surface area contributed by atoms with Crippen LogP contribution in [0.25, 0.3) is 6.08 Å². The Balaban J connectivity index is 1.49. The molecule has 26 heavy (non-hydrogen) atoms. The van der Waals surface area contributed by atoms with Crippen LogP contribution in [0.4, 0.5) is 5.82 Å². The fourth-order valence-corrected chi connectivity index (χ4v) is 3.00. The number of carbonyl (C=O) groups excluding carboxylic acids is 2.